The maximum absolute atomic E-state index is 13.5. The quantitative estimate of drug-likeness (QED) is 0.811. The maximum Gasteiger partial charge on any atom is 0.224 e. The van der Waals surface area contributed by atoms with Crippen molar-refractivity contribution in [1.82, 2.24) is 4.90 Å². The Bertz CT molecular complexity index is 687. The molecule has 1 fully saturated rings. The van der Waals surface area contributed by atoms with Gasteiger partial charge in [0.25, 0.3) is 0 Å². The second kappa shape index (κ2) is 8.97. The minimum absolute atomic E-state index is 0. The molecular weight excluding hydrogens is 339 g/mol. The molecule has 0 atom stereocenters. The molecule has 1 aliphatic rings. The second-order valence-electron chi connectivity index (χ2n) is 6.36. The van der Waals surface area contributed by atoms with Crippen LogP contribution in [0.5, 0.6) is 0 Å². The summed E-state index contributed by atoms with van der Waals surface area (Å²) in [6.45, 7) is 4.38. The fraction of sp³-hybridized carbons (Fsp3) is 0.350. The van der Waals surface area contributed by atoms with Gasteiger partial charge >= 0.3 is 0 Å². The van der Waals surface area contributed by atoms with E-state index >= 15 is 0 Å². The summed E-state index contributed by atoms with van der Waals surface area (Å²) in [6.07, 6.45) is 1.81. The van der Waals surface area contributed by atoms with E-state index in [2.05, 4.69) is 29.2 Å². The van der Waals surface area contributed by atoms with Gasteiger partial charge in [-0.25, -0.2) is 4.39 Å². The number of likely N-dealkylation sites (tertiary alicyclic amines) is 1. The van der Waals surface area contributed by atoms with Crippen LogP contribution in [0.25, 0.3) is 0 Å². The lowest BCUT2D eigenvalue weighted by molar-refractivity contribution is -0.117. The number of carbonyl (C=O) groups excluding carboxylic acids is 1. The Morgan fingerprint density at radius 1 is 1.12 bits per heavy atom. The van der Waals surface area contributed by atoms with Crippen LogP contribution < -0.4 is 4.90 Å². The first kappa shape index (κ1) is 19.4. The summed E-state index contributed by atoms with van der Waals surface area (Å²) >= 11 is 0. The van der Waals surface area contributed by atoms with Gasteiger partial charge < -0.3 is 4.90 Å². The molecular formula is C20H24ClFN2O. The van der Waals surface area contributed by atoms with Gasteiger partial charge in [0.1, 0.15) is 5.82 Å². The van der Waals surface area contributed by atoms with Crippen molar-refractivity contribution in [3.63, 3.8) is 0 Å². The summed E-state index contributed by atoms with van der Waals surface area (Å²) in [6, 6.07) is 16.9. The van der Waals surface area contributed by atoms with Gasteiger partial charge in [-0.3, -0.25) is 9.69 Å². The summed E-state index contributed by atoms with van der Waals surface area (Å²) in [5, 5.41) is 0. The van der Waals surface area contributed by atoms with E-state index in [1.54, 1.807) is 24.0 Å². The first-order valence-corrected chi connectivity index (χ1v) is 8.45. The highest BCUT2D eigenvalue weighted by Gasteiger charge is 2.27. The number of benzene rings is 2. The zero-order valence-corrected chi connectivity index (χ0v) is 15.2. The van der Waals surface area contributed by atoms with Crippen LogP contribution in [0.1, 0.15) is 25.3 Å². The van der Waals surface area contributed by atoms with Crippen LogP contribution in [-0.2, 0) is 11.3 Å². The molecule has 0 N–H and O–H groups in total. The molecule has 0 spiro atoms. The Morgan fingerprint density at radius 2 is 1.80 bits per heavy atom. The predicted octanol–water partition coefficient (Wildman–Crippen LogP) is 4.27. The van der Waals surface area contributed by atoms with E-state index < -0.39 is 0 Å². The summed E-state index contributed by atoms with van der Waals surface area (Å²) in [4.78, 5) is 16.3. The lowest BCUT2D eigenvalue weighted by atomic mass is 10.0. The van der Waals surface area contributed by atoms with Gasteiger partial charge in [-0.15, -0.1) is 12.4 Å². The van der Waals surface area contributed by atoms with Gasteiger partial charge in [-0.1, -0.05) is 36.4 Å². The Morgan fingerprint density at radius 3 is 2.40 bits per heavy atom. The van der Waals surface area contributed by atoms with E-state index in [9.17, 15) is 9.18 Å². The molecule has 2 aromatic carbocycles. The minimum Gasteiger partial charge on any atom is -0.309 e. The third-order valence-corrected chi connectivity index (χ3v) is 4.60. The highest BCUT2D eigenvalue weighted by atomic mass is 35.5. The SMILES string of the molecule is CC(=O)N(c1cccc(F)c1)C1CCN(Cc2ccccc2)CC1.Cl. The topological polar surface area (TPSA) is 23.6 Å². The fourth-order valence-corrected chi connectivity index (χ4v) is 3.45. The predicted molar refractivity (Wildman–Crippen MR) is 102 cm³/mol. The van der Waals surface area contributed by atoms with Crippen LogP contribution in [0, 0.1) is 5.82 Å². The number of nitrogens with zero attached hydrogens (tertiary/aromatic N) is 2. The van der Waals surface area contributed by atoms with Crippen molar-refractivity contribution in [2.24, 2.45) is 0 Å². The first-order valence-electron chi connectivity index (χ1n) is 8.45. The van der Waals surface area contributed by atoms with Crippen molar-refractivity contribution >= 4 is 24.0 Å². The molecule has 134 valence electrons. The standard InChI is InChI=1S/C20H23FN2O.ClH/c1-16(24)23(20-9-5-8-18(21)14-20)19-10-12-22(13-11-19)15-17-6-3-2-4-7-17;/h2-9,14,19H,10-13,15H2,1H3;1H. The molecule has 0 radical (unpaired) electrons. The van der Waals surface area contributed by atoms with Crippen molar-refractivity contribution in [2.75, 3.05) is 18.0 Å². The Kier molecular flexibility index (Phi) is 6.97. The summed E-state index contributed by atoms with van der Waals surface area (Å²) in [5.41, 5.74) is 1.97. The van der Waals surface area contributed by atoms with Crippen LogP contribution in [-0.4, -0.2) is 29.9 Å². The van der Waals surface area contributed by atoms with E-state index in [1.807, 2.05) is 6.07 Å². The third-order valence-electron chi connectivity index (χ3n) is 4.60. The third kappa shape index (κ3) is 5.03. The average Bonchev–Trinajstić information content (AvgIpc) is 2.57. The van der Waals surface area contributed by atoms with E-state index in [4.69, 9.17) is 0 Å². The average molecular weight is 363 g/mol. The molecule has 0 saturated carbocycles. The monoisotopic (exact) mass is 362 g/mol. The highest BCUT2D eigenvalue weighted by molar-refractivity contribution is 5.92. The number of piperidine rings is 1. The number of hydrogen-bond acceptors (Lipinski definition) is 2. The molecule has 5 heteroatoms. The molecule has 1 aliphatic heterocycles. The van der Waals surface area contributed by atoms with Gasteiger partial charge in [-0.05, 0) is 36.6 Å². The van der Waals surface area contributed by atoms with Gasteiger partial charge in [0.15, 0.2) is 0 Å². The van der Waals surface area contributed by atoms with Crippen molar-refractivity contribution in [1.29, 1.82) is 0 Å². The number of halogens is 2. The number of hydrogen-bond donors (Lipinski definition) is 0. The summed E-state index contributed by atoms with van der Waals surface area (Å²) in [5.74, 6) is -0.331. The number of anilines is 1. The molecule has 25 heavy (non-hydrogen) atoms. The van der Waals surface area contributed by atoms with Gasteiger partial charge in [0.05, 0.1) is 0 Å². The normalized spacial score (nSPS) is 15.4. The summed E-state index contributed by atoms with van der Waals surface area (Å²) in [7, 11) is 0. The second-order valence-corrected chi connectivity index (χ2v) is 6.36. The van der Waals surface area contributed by atoms with Crippen molar-refractivity contribution in [2.45, 2.75) is 32.4 Å². The molecule has 3 rings (SSSR count). The van der Waals surface area contributed by atoms with Crippen molar-refractivity contribution in [3.8, 4) is 0 Å². The van der Waals surface area contributed by atoms with Gasteiger partial charge in [-0.2, -0.15) is 0 Å². The van der Waals surface area contributed by atoms with Crippen molar-refractivity contribution in [3.05, 3.63) is 66.0 Å². The molecule has 2 aromatic rings. The molecule has 0 aliphatic carbocycles. The van der Waals surface area contributed by atoms with Crippen LogP contribution in [0.3, 0.4) is 0 Å². The first-order chi connectivity index (χ1) is 11.6. The van der Waals surface area contributed by atoms with E-state index in [0.717, 1.165) is 32.5 Å². The summed E-state index contributed by atoms with van der Waals surface area (Å²) < 4.78 is 13.5. The Labute approximate surface area is 154 Å². The van der Waals surface area contributed by atoms with Gasteiger partial charge in [0.2, 0.25) is 5.91 Å². The largest absolute Gasteiger partial charge is 0.309 e. The molecule has 3 nitrogen and oxygen atoms in total. The fourth-order valence-electron chi connectivity index (χ4n) is 3.45. The van der Waals surface area contributed by atoms with Gasteiger partial charge in [0, 0.05) is 38.3 Å². The molecule has 1 saturated heterocycles. The van der Waals surface area contributed by atoms with Crippen molar-refractivity contribution < 1.29 is 9.18 Å². The lowest BCUT2D eigenvalue weighted by Crippen LogP contribution is -2.46. The van der Waals surface area contributed by atoms with Crippen LogP contribution in [0.15, 0.2) is 54.6 Å². The zero-order chi connectivity index (χ0) is 16.9. The Balaban J connectivity index is 0.00000225. The van der Waals surface area contributed by atoms with E-state index in [1.165, 1.54) is 17.7 Å². The Hall–Kier alpha value is -1.91. The van der Waals surface area contributed by atoms with Crippen LogP contribution in [0.2, 0.25) is 0 Å². The van der Waals surface area contributed by atoms with E-state index in [0.29, 0.717) is 5.69 Å². The smallest absolute Gasteiger partial charge is 0.224 e. The van der Waals surface area contributed by atoms with Crippen LogP contribution >= 0.6 is 12.4 Å². The highest BCUT2D eigenvalue weighted by Crippen LogP contribution is 2.25. The van der Waals surface area contributed by atoms with Crippen LogP contribution in [0.4, 0.5) is 10.1 Å². The molecule has 1 heterocycles. The minimum atomic E-state index is -0.305. The number of carbonyl (C=O) groups is 1. The maximum atomic E-state index is 13.5. The zero-order valence-electron chi connectivity index (χ0n) is 14.4. The molecule has 0 bridgehead atoms. The molecule has 1 amide bonds. The lowest BCUT2D eigenvalue weighted by Gasteiger charge is -2.38. The number of rotatable bonds is 4. The molecule has 0 aromatic heterocycles. The number of amides is 1. The van der Waals surface area contributed by atoms with E-state index in [-0.39, 0.29) is 30.2 Å². The molecule has 0 unspecified atom stereocenters.